The number of nitrogens with two attached hydrogens (primary N) is 1. The topological polar surface area (TPSA) is 67.1 Å². The Kier molecular flexibility index (Phi) is 3.39. The number of nitrogen functional groups attached to an aromatic ring is 1. The monoisotopic (exact) mass is 311 g/mol. The Hall–Kier alpha value is -0.880. The minimum absolute atomic E-state index is 0.491. The second-order valence-electron chi connectivity index (χ2n) is 5.20. The van der Waals surface area contributed by atoms with Crippen LogP contribution in [0.5, 0.6) is 0 Å². The molecule has 1 aliphatic carbocycles. The van der Waals surface area contributed by atoms with Crippen molar-refractivity contribution < 1.29 is 0 Å². The number of halogens is 1. The van der Waals surface area contributed by atoms with Crippen molar-refractivity contribution in [2.24, 2.45) is 5.92 Å². The maximum atomic E-state index is 5.68. The third-order valence-corrected chi connectivity index (χ3v) is 4.05. The van der Waals surface area contributed by atoms with Crippen molar-refractivity contribution in [3.8, 4) is 0 Å². The van der Waals surface area contributed by atoms with Gasteiger partial charge in [-0.25, -0.2) is 4.98 Å². The summed E-state index contributed by atoms with van der Waals surface area (Å²) in [6, 6.07) is 2.59. The summed E-state index contributed by atoms with van der Waals surface area (Å²) < 4.78 is 0.725. The summed E-state index contributed by atoms with van der Waals surface area (Å²) in [7, 11) is 0. The van der Waals surface area contributed by atoms with E-state index in [-0.39, 0.29) is 0 Å². The standard InChI is InChI=1S/C12H18BrN5/c13-10-5-11(14)17-12(16-10)15-6-8-3-4-18(7-8)9-1-2-9/h5,8-9H,1-4,6-7H2,(H3,14,15,16,17). The predicted octanol–water partition coefficient (Wildman–Crippen LogP) is 1.72. The van der Waals surface area contributed by atoms with Gasteiger partial charge in [0.05, 0.1) is 0 Å². The van der Waals surface area contributed by atoms with Crippen LogP contribution in [0.3, 0.4) is 0 Å². The predicted molar refractivity (Wildman–Crippen MR) is 75.3 cm³/mol. The molecule has 1 aliphatic heterocycles. The summed E-state index contributed by atoms with van der Waals surface area (Å²) in [4.78, 5) is 11.0. The average Bonchev–Trinajstić information content (AvgIpc) is 3.05. The molecule has 1 atom stereocenters. The van der Waals surface area contributed by atoms with E-state index < -0.39 is 0 Å². The van der Waals surface area contributed by atoms with Gasteiger partial charge in [0, 0.05) is 25.2 Å². The van der Waals surface area contributed by atoms with Crippen LogP contribution in [0.2, 0.25) is 0 Å². The molecule has 0 aromatic carbocycles. The fourth-order valence-electron chi connectivity index (χ4n) is 2.55. The Labute approximate surface area is 115 Å². The number of rotatable bonds is 4. The first kappa shape index (κ1) is 12.2. The molecule has 2 aliphatic rings. The summed E-state index contributed by atoms with van der Waals surface area (Å²) in [6.07, 6.45) is 4.06. The lowest BCUT2D eigenvalue weighted by Gasteiger charge is -2.15. The zero-order valence-electron chi connectivity index (χ0n) is 10.3. The lowest BCUT2D eigenvalue weighted by molar-refractivity contribution is 0.316. The quantitative estimate of drug-likeness (QED) is 0.829. The van der Waals surface area contributed by atoms with Crippen molar-refractivity contribution in [3.63, 3.8) is 0 Å². The van der Waals surface area contributed by atoms with E-state index in [0.29, 0.717) is 17.7 Å². The van der Waals surface area contributed by atoms with Crippen LogP contribution < -0.4 is 11.1 Å². The van der Waals surface area contributed by atoms with Gasteiger partial charge in [-0.15, -0.1) is 0 Å². The van der Waals surface area contributed by atoms with Crippen LogP contribution in [-0.2, 0) is 0 Å². The molecular formula is C12H18BrN5. The van der Waals surface area contributed by atoms with Crippen LogP contribution >= 0.6 is 15.9 Å². The van der Waals surface area contributed by atoms with E-state index >= 15 is 0 Å². The highest BCUT2D eigenvalue weighted by Crippen LogP contribution is 2.31. The van der Waals surface area contributed by atoms with E-state index in [2.05, 4.69) is 36.1 Å². The van der Waals surface area contributed by atoms with Crippen LogP contribution in [0.15, 0.2) is 10.7 Å². The van der Waals surface area contributed by atoms with Gasteiger partial charge in [-0.2, -0.15) is 4.98 Å². The van der Waals surface area contributed by atoms with Gasteiger partial charge in [0.2, 0.25) is 5.95 Å². The molecule has 6 heteroatoms. The second kappa shape index (κ2) is 5.01. The van der Waals surface area contributed by atoms with Gasteiger partial charge < -0.3 is 16.0 Å². The second-order valence-corrected chi connectivity index (χ2v) is 6.01. The number of nitrogens with zero attached hydrogens (tertiary/aromatic N) is 3. The third-order valence-electron chi connectivity index (χ3n) is 3.64. The summed E-state index contributed by atoms with van der Waals surface area (Å²) in [5.41, 5.74) is 5.68. The summed E-state index contributed by atoms with van der Waals surface area (Å²) in [6.45, 7) is 3.39. The largest absolute Gasteiger partial charge is 0.383 e. The number of anilines is 2. The van der Waals surface area contributed by atoms with Crippen molar-refractivity contribution in [1.29, 1.82) is 0 Å². The fourth-order valence-corrected chi connectivity index (χ4v) is 2.95. The maximum absolute atomic E-state index is 5.68. The van der Waals surface area contributed by atoms with Crippen LogP contribution in [-0.4, -0.2) is 40.5 Å². The molecule has 0 radical (unpaired) electrons. The number of hydrogen-bond donors (Lipinski definition) is 2. The Morgan fingerprint density at radius 1 is 1.39 bits per heavy atom. The molecule has 0 amide bonds. The Morgan fingerprint density at radius 2 is 2.22 bits per heavy atom. The van der Waals surface area contributed by atoms with Gasteiger partial charge in [0.15, 0.2) is 0 Å². The minimum atomic E-state index is 0.491. The molecule has 1 aromatic heterocycles. The Morgan fingerprint density at radius 3 is 2.94 bits per heavy atom. The molecule has 0 bridgehead atoms. The van der Waals surface area contributed by atoms with Crippen LogP contribution in [0.25, 0.3) is 0 Å². The van der Waals surface area contributed by atoms with Gasteiger partial charge in [0.1, 0.15) is 10.4 Å². The van der Waals surface area contributed by atoms with Crippen LogP contribution in [0, 0.1) is 5.92 Å². The summed E-state index contributed by atoms with van der Waals surface area (Å²) in [5, 5.41) is 3.29. The number of hydrogen-bond acceptors (Lipinski definition) is 5. The molecular weight excluding hydrogens is 294 g/mol. The molecule has 3 rings (SSSR count). The molecule has 18 heavy (non-hydrogen) atoms. The lowest BCUT2D eigenvalue weighted by Crippen LogP contribution is -2.25. The van der Waals surface area contributed by atoms with Gasteiger partial charge >= 0.3 is 0 Å². The van der Waals surface area contributed by atoms with E-state index in [9.17, 15) is 0 Å². The zero-order valence-corrected chi connectivity index (χ0v) is 11.9. The number of likely N-dealkylation sites (tertiary alicyclic amines) is 1. The molecule has 0 spiro atoms. The lowest BCUT2D eigenvalue weighted by atomic mass is 10.1. The van der Waals surface area contributed by atoms with Gasteiger partial charge in [-0.1, -0.05) is 0 Å². The number of aromatic nitrogens is 2. The minimum Gasteiger partial charge on any atom is -0.383 e. The van der Waals surface area contributed by atoms with E-state index in [1.807, 2.05) is 0 Å². The van der Waals surface area contributed by atoms with Crippen LogP contribution in [0.1, 0.15) is 19.3 Å². The van der Waals surface area contributed by atoms with E-state index in [4.69, 9.17) is 5.73 Å². The molecule has 2 heterocycles. The van der Waals surface area contributed by atoms with E-state index in [0.717, 1.165) is 17.2 Å². The molecule has 3 N–H and O–H groups in total. The van der Waals surface area contributed by atoms with Gasteiger partial charge in [-0.3, -0.25) is 0 Å². The Balaban J connectivity index is 1.51. The highest BCUT2D eigenvalue weighted by Gasteiger charge is 2.34. The zero-order chi connectivity index (χ0) is 12.5. The van der Waals surface area contributed by atoms with Crippen molar-refractivity contribution >= 4 is 27.7 Å². The van der Waals surface area contributed by atoms with Gasteiger partial charge in [0.25, 0.3) is 0 Å². The van der Waals surface area contributed by atoms with E-state index in [1.54, 1.807) is 6.07 Å². The third kappa shape index (κ3) is 2.92. The summed E-state index contributed by atoms with van der Waals surface area (Å²) >= 11 is 3.32. The van der Waals surface area contributed by atoms with Crippen molar-refractivity contribution in [3.05, 3.63) is 10.7 Å². The fraction of sp³-hybridized carbons (Fsp3) is 0.667. The normalized spacial score (nSPS) is 24.4. The molecule has 98 valence electrons. The summed E-state index contributed by atoms with van der Waals surface area (Å²) in [5.74, 6) is 1.81. The van der Waals surface area contributed by atoms with Crippen molar-refractivity contribution in [2.45, 2.75) is 25.3 Å². The molecule has 5 nitrogen and oxygen atoms in total. The van der Waals surface area contributed by atoms with Crippen molar-refractivity contribution in [2.75, 3.05) is 30.7 Å². The molecule has 1 unspecified atom stereocenters. The highest BCUT2D eigenvalue weighted by molar-refractivity contribution is 9.10. The molecule has 1 aromatic rings. The Bertz CT molecular complexity index is 414. The average molecular weight is 312 g/mol. The molecule has 2 fully saturated rings. The SMILES string of the molecule is Nc1cc(Br)nc(NCC2CCN(C3CC3)C2)n1. The molecule has 1 saturated heterocycles. The first-order chi connectivity index (χ1) is 8.70. The van der Waals surface area contributed by atoms with Crippen LogP contribution in [0.4, 0.5) is 11.8 Å². The maximum Gasteiger partial charge on any atom is 0.225 e. The number of nitrogens with one attached hydrogen (secondary N) is 1. The highest BCUT2D eigenvalue weighted by atomic mass is 79.9. The van der Waals surface area contributed by atoms with Gasteiger partial charge in [-0.05, 0) is 47.7 Å². The smallest absolute Gasteiger partial charge is 0.225 e. The first-order valence-electron chi connectivity index (χ1n) is 6.48. The first-order valence-corrected chi connectivity index (χ1v) is 7.28. The van der Waals surface area contributed by atoms with Crippen molar-refractivity contribution in [1.82, 2.24) is 14.9 Å². The van der Waals surface area contributed by atoms with E-state index in [1.165, 1.54) is 32.4 Å². The molecule has 1 saturated carbocycles.